The van der Waals surface area contributed by atoms with Crippen LogP contribution in [-0.4, -0.2) is 12.3 Å². The van der Waals surface area contributed by atoms with Crippen LogP contribution in [0.4, 0.5) is 17.6 Å². The second-order valence-electron chi connectivity index (χ2n) is 3.43. The van der Waals surface area contributed by atoms with E-state index in [0.29, 0.717) is 0 Å². The van der Waals surface area contributed by atoms with Gasteiger partial charge in [0.05, 0.1) is 11.6 Å². The molecular formula is C11H5F4NO. The monoisotopic (exact) mass is 243 g/mol. The fraction of sp³-hybridized carbons (Fsp3) is 0.182. The predicted molar refractivity (Wildman–Crippen MR) is 50.5 cm³/mol. The summed E-state index contributed by atoms with van der Waals surface area (Å²) >= 11 is 0. The van der Waals surface area contributed by atoms with Crippen molar-refractivity contribution in [2.45, 2.75) is 12.3 Å². The SMILES string of the molecule is N#CC1=Cc2ccc(F)cc2O[C@@H]1C(F)(F)F. The summed E-state index contributed by atoms with van der Waals surface area (Å²) in [5, 5.41) is 8.63. The van der Waals surface area contributed by atoms with Gasteiger partial charge in [-0.3, -0.25) is 0 Å². The lowest BCUT2D eigenvalue weighted by Gasteiger charge is -2.25. The lowest BCUT2D eigenvalue weighted by Crippen LogP contribution is -2.37. The van der Waals surface area contributed by atoms with Gasteiger partial charge in [-0.1, -0.05) is 0 Å². The fourth-order valence-corrected chi connectivity index (χ4v) is 1.50. The van der Waals surface area contributed by atoms with E-state index in [9.17, 15) is 17.6 Å². The molecule has 0 spiro atoms. The van der Waals surface area contributed by atoms with E-state index < -0.39 is 23.7 Å². The van der Waals surface area contributed by atoms with Crippen LogP contribution in [0.25, 0.3) is 6.08 Å². The molecule has 1 atom stereocenters. The summed E-state index contributed by atoms with van der Waals surface area (Å²) in [7, 11) is 0. The Morgan fingerprint density at radius 2 is 2.00 bits per heavy atom. The molecule has 17 heavy (non-hydrogen) atoms. The highest BCUT2D eigenvalue weighted by atomic mass is 19.4. The average molecular weight is 243 g/mol. The van der Waals surface area contributed by atoms with Gasteiger partial charge in [-0.2, -0.15) is 18.4 Å². The lowest BCUT2D eigenvalue weighted by atomic mass is 10.0. The lowest BCUT2D eigenvalue weighted by molar-refractivity contribution is -0.182. The second-order valence-corrected chi connectivity index (χ2v) is 3.43. The summed E-state index contributed by atoms with van der Waals surface area (Å²) in [6.07, 6.45) is -5.98. The average Bonchev–Trinajstić information content (AvgIpc) is 2.26. The number of halogens is 4. The molecule has 1 aliphatic rings. The van der Waals surface area contributed by atoms with Gasteiger partial charge in [0, 0.05) is 11.6 Å². The number of rotatable bonds is 0. The molecule has 1 aromatic rings. The molecule has 2 nitrogen and oxygen atoms in total. The van der Waals surface area contributed by atoms with E-state index in [-0.39, 0.29) is 11.3 Å². The molecule has 6 heteroatoms. The number of nitrogens with zero attached hydrogens (tertiary/aromatic N) is 1. The number of nitriles is 1. The quantitative estimate of drug-likeness (QED) is 0.656. The Balaban J connectivity index is 2.50. The van der Waals surface area contributed by atoms with Gasteiger partial charge in [0.15, 0.2) is 0 Å². The number of ether oxygens (including phenoxy) is 1. The summed E-state index contributed by atoms with van der Waals surface area (Å²) in [6, 6.07) is 4.64. The van der Waals surface area contributed by atoms with Crippen LogP contribution in [0.5, 0.6) is 5.75 Å². The predicted octanol–water partition coefficient (Wildman–Crippen LogP) is 3.06. The Kier molecular flexibility index (Phi) is 2.54. The van der Waals surface area contributed by atoms with Gasteiger partial charge in [-0.15, -0.1) is 0 Å². The Hall–Kier alpha value is -2.03. The number of hydrogen-bond acceptors (Lipinski definition) is 2. The molecule has 1 aliphatic heterocycles. The number of fused-ring (bicyclic) bond motifs is 1. The van der Waals surface area contributed by atoms with E-state index in [2.05, 4.69) is 4.74 Å². The van der Waals surface area contributed by atoms with Crippen molar-refractivity contribution in [2.24, 2.45) is 0 Å². The zero-order valence-corrected chi connectivity index (χ0v) is 8.25. The molecule has 2 rings (SSSR count). The van der Waals surface area contributed by atoms with Gasteiger partial charge < -0.3 is 4.74 Å². The second kappa shape index (κ2) is 3.77. The van der Waals surface area contributed by atoms with Crippen LogP contribution >= 0.6 is 0 Å². The van der Waals surface area contributed by atoms with Gasteiger partial charge in [-0.25, -0.2) is 4.39 Å². The first kappa shape index (κ1) is 11.5. The maximum Gasteiger partial charge on any atom is 0.430 e. The summed E-state index contributed by atoms with van der Waals surface area (Å²) < 4.78 is 55.2. The normalized spacial score (nSPS) is 18.8. The molecular weight excluding hydrogens is 238 g/mol. The Labute approximate surface area is 93.7 Å². The highest BCUT2D eigenvalue weighted by molar-refractivity contribution is 5.66. The van der Waals surface area contributed by atoms with E-state index >= 15 is 0 Å². The number of benzene rings is 1. The molecule has 0 N–H and O–H groups in total. The van der Waals surface area contributed by atoms with Crippen molar-refractivity contribution in [3.05, 3.63) is 35.2 Å². The number of alkyl halides is 3. The molecule has 0 aromatic heterocycles. The minimum atomic E-state index is -4.70. The van der Waals surface area contributed by atoms with Crippen molar-refractivity contribution < 1.29 is 22.3 Å². The third-order valence-electron chi connectivity index (χ3n) is 2.24. The van der Waals surface area contributed by atoms with Crippen LogP contribution < -0.4 is 4.74 Å². The van der Waals surface area contributed by atoms with Gasteiger partial charge in [0.2, 0.25) is 6.10 Å². The molecule has 0 saturated heterocycles. The molecule has 1 heterocycles. The Bertz CT molecular complexity index is 527. The maximum atomic E-state index is 12.9. The molecule has 0 aliphatic carbocycles. The minimum absolute atomic E-state index is 0.216. The largest absolute Gasteiger partial charge is 0.475 e. The highest BCUT2D eigenvalue weighted by Gasteiger charge is 2.46. The van der Waals surface area contributed by atoms with Crippen molar-refractivity contribution in [1.82, 2.24) is 0 Å². The topological polar surface area (TPSA) is 33.0 Å². The van der Waals surface area contributed by atoms with Gasteiger partial charge in [0.25, 0.3) is 0 Å². The first-order valence-electron chi connectivity index (χ1n) is 4.56. The summed E-state index contributed by atoms with van der Waals surface area (Å²) in [5.41, 5.74) is -0.292. The van der Waals surface area contributed by atoms with Crippen molar-refractivity contribution in [3.8, 4) is 11.8 Å². The zero-order chi connectivity index (χ0) is 12.6. The zero-order valence-electron chi connectivity index (χ0n) is 8.25. The van der Waals surface area contributed by atoms with Crippen molar-refractivity contribution in [1.29, 1.82) is 5.26 Å². The van der Waals surface area contributed by atoms with Crippen LogP contribution in [0.1, 0.15) is 5.56 Å². The number of hydrogen-bond donors (Lipinski definition) is 0. The molecule has 0 radical (unpaired) electrons. The molecule has 0 bridgehead atoms. The molecule has 0 unspecified atom stereocenters. The van der Waals surface area contributed by atoms with Gasteiger partial charge in [-0.05, 0) is 18.2 Å². The van der Waals surface area contributed by atoms with Crippen molar-refractivity contribution in [3.63, 3.8) is 0 Å². The van der Waals surface area contributed by atoms with Crippen LogP contribution in [0, 0.1) is 17.1 Å². The molecule has 0 amide bonds. The smallest absolute Gasteiger partial charge is 0.430 e. The van der Waals surface area contributed by atoms with Gasteiger partial charge >= 0.3 is 6.18 Å². The van der Waals surface area contributed by atoms with Crippen LogP contribution in [0.2, 0.25) is 0 Å². The molecule has 0 saturated carbocycles. The third kappa shape index (κ3) is 2.09. The summed E-state index contributed by atoms with van der Waals surface area (Å²) in [4.78, 5) is 0. The van der Waals surface area contributed by atoms with Crippen LogP contribution in [-0.2, 0) is 0 Å². The first-order chi connectivity index (χ1) is 7.91. The standard InChI is InChI=1S/C11H5F4NO/c12-8-2-1-6-3-7(5-16)10(11(13,14)15)17-9(6)4-8/h1-4,10H/t10-/m0/s1. The Morgan fingerprint density at radius 1 is 1.29 bits per heavy atom. The van der Waals surface area contributed by atoms with E-state index in [1.54, 1.807) is 0 Å². The first-order valence-corrected chi connectivity index (χ1v) is 4.56. The summed E-state index contributed by atoms with van der Waals surface area (Å²) in [6.45, 7) is 0. The minimum Gasteiger partial charge on any atom is -0.475 e. The van der Waals surface area contributed by atoms with E-state index in [1.165, 1.54) is 12.1 Å². The van der Waals surface area contributed by atoms with E-state index in [4.69, 9.17) is 5.26 Å². The van der Waals surface area contributed by atoms with Crippen molar-refractivity contribution in [2.75, 3.05) is 0 Å². The van der Waals surface area contributed by atoms with Crippen LogP contribution in [0.15, 0.2) is 23.8 Å². The van der Waals surface area contributed by atoms with E-state index in [1.807, 2.05) is 0 Å². The third-order valence-corrected chi connectivity index (χ3v) is 2.24. The molecule has 1 aromatic carbocycles. The Morgan fingerprint density at radius 3 is 2.59 bits per heavy atom. The molecule has 88 valence electrons. The fourth-order valence-electron chi connectivity index (χ4n) is 1.50. The highest BCUT2D eigenvalue weighted by Crippen LogP contribution is 2.36. The van der Waals surface area contributed by atoms with Crippen molar-refractivity contribution >= 4 is 6.08 Å². The van der Waals surface area contributed by atoms with E-state index in [0.717, 1.165) is 18.2 Å². The maximum absolute atomic E-state index is 12.9. The van der Waals surface area contributed by atoms with Gasteiger partial charge in [0.1, 0.15) is 11.6 Å². The summed E-state index contributed by atoms with van der Waals surface area (Å²) in [5.74, 6) is -0.912. The van der Waals surface area contributed by atoms with Crippen LogP contribution in [0.3, 0.4) is 0 Å². The molecule has 0 fully saturated rings.